The van der Waals surface area contributed by atoms with Crippen LogP contribution >= 0.6 is 0 Å². The summed E-state index contributed by atoms with van der Waals surface area (Å²) >= 11 is 0. The molecule has 2 aliphatic rings. The average Bonchev–Trinajstić information content (AvgIpc) is 2.39. The normalized spacial score (nSPS) is 32.4. The van der Waals surface area contributed by atoms with Crippen LogP contribution in [0.3, 0.4) is 0 Å². The van der Waals surface area contributed by atoms with E-state index in [1.807, 2.05) is 6.92 Å². The van der Waals surface area contributed by atoms with Crippen LogP contribution in [0.15, 0.2) is 0 Å². The minimum absolute atomic E-state index is 0.367. The van der Waals surface area contributed by atoms with Gasteiger partial charge in [-0.1, -0.05) is 13.8 Å². The van der Waals surface area contributed by atoms with Gasteiger partial charge in [-0.2, -0.15) is 0 Å². The summed E-state index contributed by atoms with van der Waals surface area (Å²) in [7, 11) is 0. The van der Waals surface area contributed by atoms with E-state index in [-0.39, 0.29) is 0 Å². The average molecular weight is 269 g/mol. The molecule has 0 aromatic heterocycles. The van der Waals surface area contributed by atoms with Crippen molar-refractivity contribution in [3.63, 3.8) is 0 Å². The first-order chi connectivity index (χ1) is 8.92. The van der Waals surface area contributed by atoms with Gasteiger partial charge in [-0.05, 0) is 51.6 Å². The number of nitrogens with zero attached hydrogens (tertiary/aromatic N) is 1. The molecule has 0 saturated carbocycles. The third-order valence-corrected chi connectivity index (χ3v) is 4.97. The first-order valence-electron chi connectivity index (χ1n) is 7.51. The lowest BCUT2D eigenvalue weighted by Gasteiger charge is -2.44. The van der Waals surface area contributed by atoms with Gasteiger partial charge < -0.3 is 14.7 Å². The molecule has 4 nitrogen and oxygen atoms in total. The van der Waals surface area contributed by atoms with E-state index in [1.165, 1.54) is 0 Å². The second-order valence-electron chi connectivity index (χ2n) is 6.73. The van der Waals surface area contributed by atoms with Gasteiger partial charge in [0.1, 0.15) is 0 Å². The molecule has 0 spiro atoms. The summed E-state index contributed by atoms with van der Waals surface area (Å²) in [5.74, 6) is -0.0731. The van der Waals surface area contributed by atoms with Gasteiger partial charge in [0.2, 0.25) is 0 Å². The molecule has 0 aromatic carbocycles. The quantitative estimate of drug-likeness (QED) is 0.854. The van der Waals surface area contributed by atoms with E-state index in [2.05, 4.69) is 18.7 Å². The number of piperidine rings is 1. The third-order valence-electron chi connectivity index (χ3n) is 4.97. The summed E-state index contributed by atoms with van der Waals surface area (Å²) in [6, 6.07) is 0.583. The van der Waals surface area contributed by atoms with Crippen molar-refractivity contribution in [1.29, 1.82) is 0 Å². The molecule has 2 aliphatic heterocycles. The number of rotatable bonds is 3. The van der Waals surface area contributed by atoms with Crippen LogP contribution in [0.1, 0.15) is 46.5 Å². The highest BCUT2D eigenvalue weighted by Gasteiger charge is 2.39. The number of aliphatic carboxylic acids is 1. The molecule has 2 atom stereocenters. The van der Waals surface area contributed by atoms with Gasteiger partial charge in [0.05, 0.1) is 11.5 Å². The molecule has 0 radical (unpaired) electrons. The van der Waals surface area contributed by atoms with E-state index in [0.29, 0.717) is 18.1 Å². The topological polar surface area (TPSA) is 49.8 Å². The van der Waals surface area contributed by atoms with Gasteiger partial charge in [0.25, 0.3) is 0 Å². The molecular formula is C15H27NO3. The summed E-state index contributed by atoms with van der Waals surface area (Å²) in [5.41, 5.74) is -0.515. The molecule has 0 aliphatic carbocycles. The summed E-state index contributed by atoms with van der Waals surface area (Å²) < 4.78 is 5.82. The summed E-state index contributed by atoms with van der Waals surface area (Å²) in [4.78, 5) is 13.8. The van der Waals surface area contributed by atoms with Crippen molar-refractivity contribution in [3.05, 3.63) is 0 Å². The number of carboxylic acid groups (broad SMARTS) is 1. The number of likely N-dealkylation sites (tertiary alicyclic amines) is 1. The van der Waals surface area contributed by atoms with Crippen LogP contribution in [0.2, 0.25) is 0 Å². The van der Waals surface area contributed by atoms with E-state index in [9.17, 15) is 9.90 Å². The molecule has 2 fully saturated rings. The van der Waals surface area contributed by atoms with E-state index >= 15 is 0 Å². The first-order valence-corrected chi connectivity index (χ1v) is 7.51. The predicted molar refractivity (Wildman–Crippen MR) is 74.1 cm³/mol. The van der Waals surface area contributed by atoms with Crippen LogP contribution in [0.4, 0.5) is 0 Å². The largest absolute Gasteiger partial charge is 0.481 e. The molecule has 2 saturated heterocycles. The molecule has 1 N–H and O–H groups in total. The van der Waals surface area contributed by atoms with Crippen molar-refractivity contribution in [2.45, 2.75) is 58.6 Å². The van der Waals surface area contributed by atoms with Gasteiger partial charge >= 0.3 is 5.97 Å². The lowest BCUT2D eigenvalue weighted by molar-refractivity contribution is -0.151. The van der Waals surface area contributed by atoms with E-state index in [0.717, 1.165) is 45.4 Å². The zero-order chi connectivity index (χ0) is 14.0. The zero-order valence-electron chi connectivity index (χ0n) is 12.4. The highest BCUT2D eigenvalue weighted by molar-refractivity contribution is 5.74. The lowest BCUT2D eigenvalue weighted by atomic mass is 9.79. The van der Waals surface area contributed by atoms with Crippen molar-refractivity contribution in [3.8, 4) is 0 Å². The van der Waals surface area contributed by atoms with Crippen LogP contribution in [-0.2, 0) is 9.53 Å². The lowest BCUT2D eigenvalue weighted by Crippen LogP contribution is -2.50. The Bertz CT molecular complexity index is 321. The molecular weight excluding hydrogens is 242 g/mol. The number of hydrogen-bond acceptors (Lipinski definition) is 3. The van der Waals surface area contributed by atoms with E-state index < -0.39 is 11.4 Å². The second-order valence-corrected chi connectivity index (χ2v) is 6.73. The van der Waals surface area contributed by atoms with Crippen LogP contribution in [0.5, 0.6) is 0 Å². The minimum atomic E-state index is -0.640. The number of carboxylic acids is 1. The second kappa shape index (κ2) is 5.80. The highest BCUT2D eigenvalue weighted by atomic mass is 16.5. The number of ether oxygens (including phenoxy) is 1. The fraction of sp³-hybridized carbons (Fsp3) is 0.933. The summed E-state index contributed by atoms with van der Waals surface area (Å²) in [5, 5.41) is 9.27. The minimum Gasteiger partial charge on any atom is -0.481 e. The zero-order valence-corrected chi connectivity index (χ0v) is 12.4. The summed E-state index contributed by atoms with van der Waals surface area (Å²) in [6.07, 6.45) is 4.10. The smallest absolute Gasteiger partial charge is 0.309 e. The highest BCUT2D eigenvalue weighted by Crippen LogP contribution is 2.34. The Morgan fingerprint density at radius 2 is 2.00 bits per heavy atom. The van der Waals surface area contributed by atoms with Gasteiger partial charge in [-0.25, -0.2) is 0 Å². The molecule has 19 heavy (non-hydrogen) atoms. The maximum atomic E-state index is 11.3. The van der Waals surface area contributed by atoms with Gasteiger partial charge in [0, 0.05) is 12.6 Å². The van der Waals surface area contributed by atoms with Crippen molar-refractivity contribution in [2.24, 2.45) is 11.3 Å². The van der Waals surface area contributed by atoms with Gasteiger partial charge in [-0.15, -0.1) is 0 Å². The van der Waals surface area contributed by atoms with Crippen molar-refractivity contribution < 1.29 is 14.6 Å². The van der Waals surface area contributed by atoms with Crippen molar-refractivity contribution in [2.75, 3.05) is 19.7 Å². The molecule has 110 valence electrons. The molecule has 0 amide bonds. The molecule has 0 aromatic rings. The van der Waals surface area contributed by atoms with Crippen LogP contribution in [0, 0.1) is 11.3 Å². The Balaban J connectivity index is 1.89. The van der Waals surface area contributed by atoms with E-state index in [1.54, 1.807) is 0 Å². The van der Waals surface area contributed by atoms with Gasteiger partial charge in [-0.3, -0.25) is 4.79 Å². The fourth-order valence-electron chi connectivity index (χ4n) is 3.20. The molecule has 0 bridgehead atoms. The SMILES string of the molecule is CC(C)C1CC(N2CCC(C)(C(=O)O)CC2)CCO1. The monoisotopic (exact) mass is 269 g/mol. The van der Waals surface area contributed by atoms with Crippen molar-refractivity contribution in [1.82, 2.24) is 4.90 Å². The van der Waals surface area contributed by atoms with Crippen molar-refractivity contribution >= 4 is 5.97 Å². The third kappa shape index (κ3) is 3.29. The molecule has 4 heteroatoms. The number of carbonyl (C=O) groups is 1. The fourth-order valence-corrected chi connectivity index (χ4v) is 3.20. The predicted octanol–water partition coefficient (Wildman–Crippen LogP) is 2.38. The maximum absolute atomic E-state index is 11.3. The maximum Gasteiger partial charge on any atom is 0.309 e. The Morgan fingerprint density at radius 3 is 2.53 bits per heavy atom. The van der Waals surface area contributed by atoms with Crippen LogP contribution in [0.25, 0.3) is 0 Å². The Hall–Kier alpha value is -0.610. The molecule has 2 unspecified atom stereocenters. The molecule has 2 heterocycles. The first kappa shape index (κ1) is 14.8. The Morgan fingerprint density at radius 1 is 1.37 bits per heavy atom. The van der Waals surface area contributed by atoms with Gasteiger partial charge in [0.15, 0.2) is 0 Å². The van der Waals surface area contributed by atoms with Crippen LogP contribution in [-0.4, -0.2) is 47.8 Å². The Labute approximate surface area is 116 Å². The van der Waals surface area contributed by atoms with E-state index in [4.69, 9.17) is 4.74 Å². The standard InChI is InChI=1S/C15H27NO3/c1-11(2)13-10-12(4-9-19-13)16-7-5-15(3,6-8-16)14(17)18/h11-13H,4-10H2,1-3H3,(H,17,18). The Kier molecular flexibility index (Phi) is 4.51. The van der Waals surface area contributed by atoms with Crippen LogP contribution < -0.4 is 0 Å². The summed E-state index contributed by atoms with van der Waals surface area (Å²) in [6.45, 7) is 8.99. The molecule has 2 rings (SSSR count). The number of hydrogen-bond donors (Lipinski definition) is 1.